The maximum atomic E-state index is 11.2. The second-order valence-corrected chi connectivity index (χ2v) is 7.35. The van der Waals surface area contributed by atoms with E-state index in [2.05, 4.69) is 35.2 Å². The van der Waals surface area contributed by atoms with Crippen molar-refractivity contribution in [3.63, 3.8) is 0 Å². The van der Waals surface area contributed by atoms with Crippen LogP contribution < -0.4 is 125 Å². The van der Waals surface area contributed by atoms with E-state index in [1.807, 2.05) is 6.29 Å². The minimum atomic E-state index is -0.358. The summed E-state index contributed by atoms with van der Waals surface area (Å²) in [6, 6.07) is -0.563. The Morgan fingerprint density at radius 1 is 0.971 bits per heavy atom. The van der Waals surface area contributed by atoms with E-state index in [1.165, 1.54) is 23.9 Å². The van der Waals surface area contributed by atoms with Gasteiger partial charge in [0.15, 0.2) is 17.3 Å². The van der Waals surface area contributed by atoms with Gasteiger partial charge >= 0.3 is 103 Å². The molecule has 6 N–H and O–H groups in total. The quantitative estimate of drug-likeness (QED) is 0.0595. The molecule has 0 heterocycles. The number of thiol groups is 1. The first kappa shape index (κ1) is 49.4. The first-order chi connectivity index (χ1) is 15.3. The maximum absolute atomic E-state index is 11.2. The number of likely N-dealkylation sites (N-methyl/N-ethyl adjacent to an activating group) is 2. The Morgan fingerprint density at radius 2 is 1.40 bits per heavy atom. The van der Waals surface area contributed by atoms with Crippen molar-refractivity contribution in [3.8, 4) is 0 Å². The van der Waals surface area contributed by atoms with Crippen LogP contribution in [-0.2, 0) is 28.8 Å². The molecule has 0 spiro atoms. The number of Topliss-reactive ketones (excluding diaryl/α,β-unsaturated/α-hetero) is 2. The predicted molar refractivity (Wildman–Crippen MR) is 128 cm³/mol. The topological polar surface area (TPSA) is 179 Å². The number of allylic oxidation sites excluding steroid dienone is 2. The summed E-state index contributed by atoms with van der Waals surface area (Å²) >= 11 is 5.21. The standard InChI is InChI=1S/C9H12NO3S.C5H4O2.C4H8NOS.CH4.2FH2N.2K/c1-10-6(4-11)5-14-9-3-7(12)2-8(9)13;6-4-1-2-5(7)3-4;1-5-4(2-6)3-7;;2*1-2;;/h6,9-10H,2-3,5H2,1H3;1-2H,3H2;4-5,7H,3H2,1H3;1H4;2*2H2;;/q-1;;-1;;;;2*+1/t6-,9?;;4-;;;;;/m1.1...../s1. The third kappa shape index (κ3) is 28.3. The number of nitrogens with two attached hydrogens (primary N) is 2. The van der Waals surface area contributed by atoms with Crippen LogP contribution in [0.25, 0.3) is 0 Å². The Balaban J connectivity index is -0.0000000864. The molecule has 0 saturated heterocycles. The van der Waals surface area contributed by atoms with Crippen LogP contribution >= 0.6 is 24.4 Å². The molecule has 2 rings (SSSR count). The molecule has 10 nitrogen and oxygen atoms in total. The molecule has 35 heavy (non-hydrogen) atoms. The summed E-state index contributed by atoms with van der Waals surface area (Å²) in [5, 5.41) is 5.22. The molecule has 16 heteroatoms. The van der Waals surface area contributed by atoms with Gasteiger partial charge in [-0.05, 0) is 37.8 Å². The zero-order valence-electron chi connectivity index (χ0n) is 19.6. The summed E-state index contributed by atoms with van der Waals surface area (Å²) in [5.41, 5.74) is 0. The normalized spacial score (nSPS) is 16.4. The van der Waals surface area contributed by atoms with Crippen molar-refractivity contribution in [3.05, 3.63) is 12.2 Å². The van der Waals surface area contributed by atoms with Crippen LogP contribution in [0.15, 0.2) is 12.2 Å². The van der Waals surface area contributed by atoms with Crippen LogP contribution in [0, 0.1) is 0 Å². The van der Waals surface area contributed by atoms with Gasteiger partial charge in [0.1, 0.15) is 5.78 Å². The summed E-state index contributed by atoms with van der Waals surface area (Å²) in [6.45, 7) is 0. The molecule has 0 aromatic heterocycles. The van der Waals surface area contributed by atoms with E-state index in [4.69, 9.17) is 8.96 Å². The Morgan fingerprint density at radius 3 is 1.60 bits per heavy atom. The number of rotatable bonds is 8. The van der Waals surface area contributed by atoms with Crippen molar-refractivity contribution in [1.29, 1.82) is 0 Å². The Kier molecular flexibility index (Phi) is 50.0. The molecule has 0 aromatic rings. The van der Waals surface area contributed by atoms with Crippen LogP contribution in [-0.4, -0.2) is 78.6 Å². The number of nitrogens with one attached hydrogen (secondary N) is 2. The molecule has 3 atom stereocenters. The van der Waals surface area contributed by atoms with Gasteiger partial charge in [-0.3, -0.25) is 19.2 Å². The molecule has 1 saturated carbocycles. The van der Waals surface area contributed by atoms with Crippen molar-refractivity contribution < 1.29 is 140 Å². The molecule has 0 radical (unpaired) electrons. The van der Waals surface area contributed by atoms with Crippen molar-refractivity contribution in [2.75, 3.05) is 25.6 Å². The van der Waals surface area contributed by atoms with E-state index in [9.17, 15) is 28.8 Å². The number of hydrogen-bond donors (Lipinski definition) is 5. The van der Waals surface area contributed by atoms with Crippen LogP contribution in [0.2, 0.25) is 0 Å². The smallest absolute Gasteiger partial charge is 0.540 e. The molecule has 2 aliphatic rings. The monoisotopic (exact) mass is 592 g/mol. The number of halogens is 2. The molecule has 1 fully saturated rings. The third-order valence-electron chi connectivity index (χ3n) is 3.58. The van der Waals surface area contributed by atoms with Crippen molar-refractivity contribution in [2.24, 2.45) is 11.9 Å². The fourth-order valence-electron chi connectivity index (χ4n) is 1.90. The number of ketones is 4. The summed E-state index contributed by atoms with van der Waals surface area (Å²) < 4.78 is 18.0. The van der Waals surface area contributed by atoms with Gasteiger partial charge in [0.05, 0.1) is 18.1 Å². The molecule has 0 aliphatic heterocycles. The van der Waals surface area contributed by atoms with Crippen LogP contribution in [0.3, 0.4) is 0 Å². The number of carbonyl (C=O) groups is 4. The van der Waals surface area contributed by atoms with Crippen molar-refractivity contribution in [1.82, 2.24) is 10.6 Å². The first-order valence-corrected chi connectivity index (χ1v) is 10.5. The van der Waals surface area contributed by atoms with Gasteiger partial charge in [0.25, 0.3) is 0 Å². The average Bonchev–Trinajstić information content (AvgIpc) is 3.36. The van der Waals surface area contributed by atoms with Gasteiger partial charge < -0.3 is 20.2 Å². The van der Waals surface area contributed by atoms with Crippen molar-refractivity contribution >= 4 is 60.1 Å². The van der Waals surface area contributed by atoms with Crippen LogP contribution in [0.5, 0.6) is 0 Å². The van der Waals surface area contributed by atoms with Crippen molar-refractivity contribution in [2.45, 2.75) is 44.0 Å². The summed E-state index contributed by atoms with van der Waals surface area (Å²) in [5.74, 6) is 6.84. The zero-order chi connectivity index (χ0) is 25.5. The van der Waals surface area contributed by atoms with Gasteiger partial charge in [-0.1, -0.05) is 19.5 Å². The maximum Gasteiger partial charge on any atom is 1.00 e. The molecular formula is C19H32F2K2N4O6S2. The van der Waals surface area contributed by atoms with Crippen LogP contribution in [0.1, 0.15) is 26.7 Å². The average molecular weight is 593 g/mol. The fourth-order valence-corrected chi connectivity index (χ4v) is 3.39. The van der Waals surface area contributed by atoms with Gasteiger partial charge in [-0.25, -0.2) is 12.6 Å². The molecule has 192 valence electrons. The summed E-state index contributed by atoms with van der Waals surface area (Å²) in [4.78, 5) is 62.5. The summed E-state index contributed by atoms with van der Waals surface area (Å²) in [6.07, 6.45) is 6.67. The SMILES string of the molecule is C.CN[C@H]([C-]=O)CS.CN[C@H]([C-]=O)CSC1CC(=O)CC1=O.NF.NF.O=C1C=CC(=O)C1.[K+].[K+]. The summed E-state index contributed by atoms with van der Waals surface area (Å²) in [7, 11) is 3.36. The Bertz CT molecular complexity index is 618. The van der Waals surface area contributed by atoms with E-state index in [0.29, 0.717) is 17.9 Å². The fraction of sp³-hybridized carbons (Fsp3) is 0.579. The largest absolute Gasteiger partial charge is 1.00 e. The number of thioether (sulfide) groups is 1. The second-order valence-electron chi connectivity index (χ2n) is 5.75. The second kappa shape index (κ2) is 35.4. The zero-order valence-corrected chi connectivity index (χ0v) is 27.6. The molecule has 0 aromatic carbocycles. The van der Waals surface area contributed by atoms with Crippen LogP contribution in [0.4, 0.5) is 8.96 Å². The van der Waals surface area contributed by atoms with Gasteiger partial charge in [-0.2, -0.15) is 36.3 Å². The molecule has 1 unspecified atom stereocenters. The predicted octanol–water partition coefficient (Wildman–Crippen LogP) is -6.28. The molecule has 0 amide bonds. The van der Waals surface area contributed by atoms with Gasteiger partial charge in [0, 0.05) is 6.42 Å². The minimum absolute atomic E-state index is 0. The third-order valence-corrected chi connectivity index (χ3v) is 5.30. The number of hydrogen-bond acceptors (Lipinski definition) is 12. The molecule has 0 bridgehead atoms. The van der Waals surface area contributed by atoms with Gasteiger partial charge in [-0.15, -0.1) is 8.96 Å². The van der Waals surface area contributed by atoms with E-state index < -0.39 is 0 Å². The van der Waals surface area contributed by atoms with E-state index in [1.54, 1.807) is 20.4 Å². The Hall–Kier alpha value is 1.43. The number of carbonyl (C=O) groups excluding carboxylic acids is 6. The van der Waals surface area contributed by atoms with E-state index >= 15 is 0 Å². The van der Waals surface area contributed by atoms with Gasteiger partial charge in [0.2, 0.25) is 0 Å². The van der Waals surface area contributed by atoms with E-state index in [-0.39, 0.29) is 164 Å². The minimum Gasteiger partial charge on any atom is -0.540 e. The molecular weight excluding hydrogens is 561 g/mol. The van der Waals surface area contributed by atoms with E-state index in [0.717, 1.165) is 0 Å². The Labute approximate surface area is 300 Å². The molecule has 2 aliphatic carbocycles. The first-order valence-electron chi connectivity index (χ1n) is 8.85.